The molecule has 3 aromatic rings. The summed E-state index contributed by atoms with van der Waals surface area (Å²) in [5.74, 6) is -2.52. The number of aliphatic hydroxyl groups excluding tert-OH is 3. The number of hydrogen-bond acceptors (Lipinski definition) is 6. The molecule has 0 aromatic heterocycles. The molecule has 0 aliphatic heterocycles. The SMILES string of the molecule is CCC(O)c1cc(C(=O)Oc2ccc(-c3cc(F)c(C#N)c(F)c3)cc2)cc(C(O)CC)c1C(O)CC. The van der Waals surface area contributed by atoms with Gasteiger partial charge >= 0.3 is 5.97 Å². The van der Waals surface area contributed by atoms with E-state index in [2.05, 4.69) is 0 Å². The van der Waals surface area contributed by atoms with E-state index in [0.29, 0.717) is 41.5 Å². The molecule has 3 unspecified atom stereocenters. The van der Waals surface area contributed by atoms with Crippen LogP contribution < -0.4 is 4.74 Å². The average molecular weight is 510 g/mol. The largest absolute Gasteiger partial charge is 0.423 e. The molecule has 0 saturated heterocycles. The molecule has 0 radical (unpaired) electrons. The maximum atomic E-state index is 14.0. The summed E-state index contributed by atoms with van der Waals surface area (Å²) in [6.45, 7) is 5.31. The van der Waals surface area contributed by atoms with Crippen molar-refractivity contribution in [2.45, 2.75) is 58.3 Å². The Bertz CT molecular complexity index is 1260. The van der Waals surface area contributed by atoms with Crippen molar-refractivity contribution in [3.8, 4) is 22.9 Å². The van der Waals surface area contributed by atoms with E-state index in [9.17, 15) is 28.9 Å². The number of carbonyl (C=O) groups is 1. The van der Waals surface area contributed by atoms with Crippen LogP contribution in [0.25, 0.3) is 11.1 Å². The van der Waals surface area contributed by atoms with E-state index >= 15 is 0 Å². The molecular formula is C29H29F2NO5. The number of nitrogens with zero attached hydrogens (tertiary/aromatic N) is 1. The summed E-state index contributed by atoms with van der Waals surface area (Å²) >= 11 is 0. The highest BCUT2D eigenvalue weighted by atomic mass is 19.1. The summed E-state index contributed by atoms with van der Waals surface area (Å²) in [7, 11) is 0. The summed E-state index contributed by atoms with van der Waals surface area (Å²) < 4.78 is 33.5. The second-order valence-corrected chi connectivity index (χ2v) is 8.68. The zero-order chi connectivity index (χ0) is 27.3. The van der Waals surface area contributed by atoms with Gasteiger partial charge in [0.15, 0.2) is 0 Å². The minimum atomic E-state index is -0.972. The van der Waals surface area contributed by atoms with Crippen LogP contribution >= 0.6 is 0 Å². The van der Waals surface area contributed by atoms with Gasteiger partial charge in [0.05, 0.1) is 23.9 Å². The Morgan fingerprint density at radius 2 is 1.32 bits per heavy atom. The Hall–Kier alpha value is -3.64. The zero-order valence-corrected chi connectivity index (χ0v) is 20.8. The molecule has 0 aliphatic rings. The van der Waals surface area contributed by atoms with Gasteiger partial charge in [0, 0.05) is 0 Å². The molecule has 8 heteroatoms. The average Bonchev–Trinajstić information content (AvgIpc) is 2.91. The third-order valence-electron chi connectivity index (χ3n) is 6.24. The summed E-state index contributed by atoms with van der Waals surface area (Å²) in [6.07, 6.45) is -1.82. The van der Waals surface area contributed by atoms with Crippen molar-refractivity contribution in [2.24, 2.45) is 0 Å². The first-order valence-corrected chi connectivity index (χ1v) is 12.1. The highest BCUT2D eigenvalue weighted by molar-refractivity contribution is 5.92. The second kappa shape index (κ2) is 12.1. The van der Waals surface area contributed by atoms with Crippen molar-refractivity contribution in [1.82, 2.24) is 0 Å². The molecule has 3 aromatic carbocycles. The molecule has 0 aliphatic carbocycles. The van der Waals surface area contributed by atoms with Gasteiger partial charge < -0.3 is 20.1 Å². The number of esters is 1. The molecule has 3 atom stereocenters. The van der Waals surface area contributed by atoms with E-state index in [1.807, 2.05) is 0 Å². The second-order valence-electron chi connectivity index (χ2n) is 8.68. The molecule has 37 heavy (non-hydrogen) atoms. The Kier molecular flexibility index (Phi) is 9.11. The maximum Gasteiger partial charge on any atom is 0.343 e. The molecule has 0 amide bonds. The zero-order valence-electron chi connectivity index (χ0n) is 20.8. The van der Waals surface area contributed by atoms with Crippen molar-refractivity contribution < 1.29 is 33.6 Å². The summed E-state index contributed by atoms with van der Waals surface area (Å²) in [6, 6.07) is 12.5. The molecule has 0 heterocycles. The third kappa shape index (κ3) is 6.03. The standard InChI is InChI=1S/C29H29F2NO5/c1-4-25(33)20-11-18(12-21(26(34)5-2)28(20)27(35)6-3)29(36)37-19-9-7-16(8-10-19)17-13-23(30)22(15-32)24(31)14-17/h7-14,25-27,33-35H,4-6H2,1-3H3. The Balaban J connectivity index is 1.94. The first-order valence-electron chi connectivity index (χ1n) is 12.1. The molecule has 0 fully saturated rings. The lowest BCUT2D eigenvalue weighted by atomic mass is 9.86. The van der Waals surface area contributed by atoms with Gasteiger partial charge in [-0.2, -0.15) is 5.26 Å². The van der Waals surface area contributed by atoms with E-state index in [-0.39, 0.29) is 16.9 Å². The van der Waals surface area contributed by atoms with Gasteiger partial charge in [0.1, 0.15) is 29.0 Å². The Morgan fingerprint density at radius 3 is 1.76 bits per heavy atom. The van der Waals surface area contributed by atoms with Gasteiger partial charge in [-0.25, -0.2) is 13.6 Å². The first kappa shape index (κ1) is 27.9. The van der Waals surface area contributed by atoms with Crippen LogP contribution in [0.15, 0.2) is 48.5 Å². The molecule has 0 saturated carbocycles. The first-order chi connectivity index (χ1) is 17.6. The fourth-order valence-corrected chi connectivity index (χ4v) is 4.12. The number of benzene rings is 3. The number of ether oxygens (including phenoxy) is 1. The number of aliphatic hydroxyl groups is 3. The van der Waals surface area contributed by atoms with E-state index in [4.69, 9.17) is 10.00 Å². The van der Waals surface area contributed by atoms with Crippen molar-refractivity contribution in [1.29, 1.82) is 5.26 Å². The van der Waals surface area contributed by atoms with Crippen LogP contribution in [-0.2, 0) is 0 Å². The summed E-state index contributed by atoms with van der Waals surface area (Å²) in [5.41, 5.74) is 1.22. The van der Waals surface area contributed by atoms with Crippen LogP contribution in [0, 0.1) is 23.0 Å². The van der Waals surface area contributed by atoms with E-state index in [1.165, 1.54) is 42.5 Å². The summed E-state index contributed by atoms with van der Waals surface area (Å²) in [4.78, 5) is 13.0. The highest BCUT2D eigenvalue weighted by Gasteiger charge is 2.26. The lowest BCUT2D eigenvalue weighted by Gasteiger charge is -2.25. The van der Waals surface area contributed by atoms with Crippen LogP contribution in [0.3, 0.4) is 0 Å². The normalized spacial score (nSPS) is 13.5. The Labute approximate surface area is 214 Å². The van der Waals surface area contributed by atoms with Crippen molar-refractivity contribution in [2.75, 3.05) is 0 Å². The molecule has 194 valence electrons. The van der Waals surface area contributed by atoms with Crippen LogP contribution in [0.2, 0.25) is 0 Å². The minimum Gasteiger partial charge on any atom is -0.423 e. The fraction of sp³-hybridized carbons (Fsp3) is 0.310. The van der Waals surface area contributed by atoms with Crippen LogP contribution in [0.1, 0.15) is 91.0 Å². The smallest absolute Gasteiger partial charge is 0.343 e. The van der Waals surface area contributed by atoms with Crippen molar-refractivity contribution >= 4 is 5.97 Å². The number of rotatable bonds is 9. The van der Waals surface area contributed by atoms with Crippen LogP contribution in [-0.4, -0.2) is 21.3 Å². The van der Waals surface area contributed by atoms with Gasteiger partial charge in [-0.15, -0.1) is 0 Å². The van der Waals surface area contributed by atoms with Crippen molar-refractivity contribution in [3.05, 3.63) is 88.0 Å². The van der Waals surface area contributed by atoms with Gasteiger partial charge in [-0.1, -0.05) is 32.9 Å². The number of nitriles is 1. The topological polar surface area (TPSA) is 111 Å². The predicted octanol–water partition coefficient (Wildman–Crippen LogP) is 6.05. The van der Waals surface area contributed by atoms with Gasteiger partial charge in [-0.3, -0.25) is 0 Å². The molecule has 0 bridgehead atoms. The lowest BCUT2D eigenvalue weighted by Crippen LogP contribution is -2.16. The molecule has 0 spiro atoms. The minimum absolute atomic E-state index is 0.0948. The quantitative estimate of drug-likeness (QED) is 0.239. The van der Waals surface area contributed by atoms with E-state index < -0.39 is 41.5 Å². The fourth-order valence-electron chi connectivity index (χ4n) is 4.12. The molecule has 3 N–H and O–H groups in total. The maximum absolute atomic E-state index is 14.0. The van der Waals surface area contributed by atoms with Gasteiger partial charge in [-0.05, 0) is 83.5 Å². The van der Waals surface area contributed by atoms with Crippen molar-refractivity contribution in [3.63, 3.8) is 0 Å². The van der Waals surface area contributed by atoms with Gasteiger partial charge in [0.25, 0.3) is 0 Å². The van der Waals surface area contributed by atoms with E-state index in [1.54, 1.807) is 20.8 Å². The monoisotopic (exact) mass is 509 g/mol. The highest BCUT2D eigenvalue weighted by Crippen LogP contribution is 2.36. The number of halogens is 2. The lowest BCUT2D eigenvalue weighted by molar-refractivity contribution is 0.0733. The molecule has 6 nitrogen and oxygen atoms in total. The summed E-state index contributed by atoms with van der Waals surface area (Å²) in [5, 5.41) is 40.7. The predicted molar refractivity (Wildman–Crippen MR) is 134 cm³/mol. The number of carbonyl (C=O) groups excluding carboxylic acids is 1. The molecular weight excluding hydrogens is 480 g/mol. The Morgan fingerprint density at radius 1 is 0.838 bits per heavy atom. The third-order valence-corrected chi connectivity index (χ3v) is 6.24. The van der Waals surface area contributed by atoms with Crippen LogP contribution in [0.5, 0.6) is 5.75 Å². The van der Waals surface area contributed by atoms with Crippen LogP contribution in [0.4, 0.5) is 8.78 Å². The van der Waals surface area contributed by atoms with Gasteiger partial charge in [0.2, 0.25) is 0 Å². The molecule has 3 rings (SSSR count). The van der Waals surface area contributed by atoms with E-state index in [0.717, 1.165) is 12.1 Å². The number of hydrogen-bond donors (Lipinski definition) is 3.